The quantitative estimate of drug-likeness (QED) is 0.297. The molecule has 25 heavy (non-hydrogen) atoms. The van der Waals surface area contributed by atoms with Gasteiger partial charge in [0.05, 0.1) is 16.3 Å². The molecule has 2 N–H and O–H groups in total. The molecule has 2 aromatic heterocycles. The minimum atomic E-state index is -0.458. The molecular weight excluding hydrogens is 382 g/mol. The lowest BCUT2D eigenvalue weighted by Gasteiger charge is -2.11. The zero-order valence-electron chi connectivity index (χ0n) is 13.4. The Labute approximate surface area is 158 Å². The van der Waals surface area contributed by atoms with Gasteiger partial charge in [-0.05, 0) is 17.6 Å². The summed E-state index contributed by atoms with van der Waals surface area (Å²) in [7, 11) is 0. The summed E-state index contributed by atoms with van der Waals surface area (Å²) >= 11 is 4.86. The summed E-state index contributed by atoms with van der Waals surface area (Å²) in [5.74, 6) is 3.69. The number of nitro groups is 1. The lowest BCUT2D eigenvalue weighted by molar-refractivity contribution is -0.404. The van der Waals surface area contributed by atoms with E-state index in [2.05, 4.69) is 20.2 Å². The van der Waals surface area contributed by atoms with Crippen molar-refractivity contribution in [2.45, 2.75) is 11.5 Å². The SMILES string of the molecule is O=[N+]([O-])/C=C(/NCCSCc1ccon1)NCCSCc1ccsn1. The van der Waals surface area contributed by atoms with Gasteiger partial charge in [-0.3, -0.25) is 10.1 Å². The third kappa shape index (κ3) is 8.79. The van der Waals surface area contributed by atoms with Gasteiger partial charge in [0.25, 0.3) is 6.20 Å². The van der Waals surface area contributed by atoms with E-state index in [1.165, 1.54) is 11.5 Å². The van der Waals surface area contributed by atoms with Crippen molar-refractivity contribution in [2.24, 2.45) is 0 Å². The summed E-state index contributed by atoms with van der Waals surface area (Å²) in [5, 5.41) is 22.6. The van der Waals surface area contributed by atoms with E-state index in [1.807, 2.05) is 17.5 Å². The maximum Gasteiger partial charge on any atom is 0.274 e. The second-order valence-electron chi connectivity index (χ2n) is 4.77. The van der Waals surface area contributed by atoms with Gasteiger partial charge >= 0.3 is 0 Å². The predicted octanol–water partition coefficient (Wildman–Crippen LogP) is 2.55. The van der Waals surface area contributed by atoms with Crippen LogP contribution in [0.5, 0.6) is 0 Å². The van der Waals surface area contributed by atoms with Gasteiger partial charge in [0, 0.05) is 47.5 Å². The number of hydrogen-bond donors (Lipinski definition) is 2. The maximum absolute atomic E-state index is 10.7. The monoisotopic (exact) mass is 401 g/mol. The number of thioether (sulfide) groups is 2. The van der Waals surface area contributed by atoms with Gasteiger partial charge in [0.2, 0.25) is 0 Å². The molecule has 0 aliphatic carbocycles. The van der Waals surface area contributed by atoms with Crippen molar-refractivity contribution in [1.82, 2.24) is 20.2 Å². The highest BCUT2D eigenvalue weighted by molar-refractivity contribution is 7.98. The molecule has 11 heteroatoms. The fourth-order valence-corrected chi connectivity index (χ4v) is 3.88. The van der Waals surface area contributed by atoms with Crippen molar-refractivity contribution in [3.63, 3.8) is 0 Å². The Morgan fingerprint density at radius 2 is 1.96 bits per heavy atom. The molecule has 8 nitrogen and oxygen atoms in total. The van der Waals surface area contributed by atoms with Gasteiger partial charge in [-0.15, -0.1) is 0 Å². The molecule has 0 unspecified atom stereocenters. The van der Waals surface area contributed by atoms with Crippen LogP contribution in [0.3, 0.4) is 0 Å². The van der Waals surface area contributed by atoms with Crippen molar-refractivity contribution in [1.29, 1.82) is 0 Å². The molecule has 0 aliphatic rings. The minimum absolute atomic E-state index is 0.432. The van der Waals surface area contributed by atoms with Crippen molar-refractivity contribution < 1.29 is 9.45 Å². The highest BCUT2D eigenvalue weighted by Crippen LogP contribution is 2.11. The molecule has 0 bridgehead atoms. The van der Waals surface area contributed by atoms with E-state index in [4.69, 9.17) is 4.52 Å². The smallest absolute Gasteiger partial charge is 0.274 e. The molecular formula is C14H19N5O3S3. The molecule has 0 radical (unpaired) electrons. The fraction of sp³-hybridized carbons (Fsp3) is 0.429. The Kier molecular flexibility index (Phi) is 9.23. The Morgan fingerprint density at radius 3 is 2.52 bits per heavy atom. The summed E-state index contributed by atoms with van der Waals surface area (Å²) in [6, 6.07) is 3.82. The Hall–Kier alpha value is -1.72. The summed E-state index contributed by atoms with van der Waals surface area (Å²) in [6.45, 7) is 1.27. The average molecular weight is 402 g/mol. The summed E-state index contributed by atoms with van der Waals surface area (Å²) in [5.41, 5.74) is 1.96. The Balaban J connectivity index is 1.58. The van der Waals surface area contributed by atoms with Crippen molar-refractivity contribution in [2.75, 3.05) is 24.6 Å². The molecule has 2 rings (SSSR count). The van der Waals surface area contributed by atoms with Gasteiger partial charge < -0.3 is 15.2 Å². The second kappa shape index (κ2) is 11.8. The Bertz CT molecular complexity index is 588. The molecule has 2 aromatic rings. The predicted molar refractivity (Wildman–Crippen MR) is 102 cm³/mol. The van der Waals surface area contributed by atoms with Crippen LogP contribution in [-0.4, -0.2) is 39.0 Å². The lowest BCUT2D eigenvalue weighted by Crippen LogP contribution is -2.30. The molecule has 0 fully saturated rings. The molecule has 0 spiro atoms. The van der Waals surface area contributed by atoms with E-state index in [0.29, 0.717) is 18.9 Å². The average Bonchev–Trinajstić information content (AvgIpc) is 3.27. The first-order valence-electron chi connectivity index (χ1n) is 7.51. The molecule has 2 heterocycles. The first-order chi connectivity index (χ1) is 12.2. The lowest BCUT2D eigenvalue weighted by atomic mass is 10.5. The van der Waals surface area contributed by atoms with Crippen LogP contribution >= 0.6 is 35.1 Å². The van der Waals surface area contributed by atoms with Crippen molar-refractivity contribution in [3.05, 3.63) is 57.3 Å². The van der Waals surface area contributed by atoms with Gasteiger partial charge in [-0.2, -0.15) is 27.9 Å². The van der Waals surface area contributed by atoms with E-state index in [-0.39, 0.29) is 0 Å². The zero-order chi connectivity index (χ0) is 17.7. The number of rotatable bonds is 13. The van der Waals surface area contributed by atoms with Crippen LogP contribution < -0.4 is 10.6 Å². The van der Waals surface area contributed by atoms with Gasteiger partial charge in [-0.25, -0.2) is 0 Å². The number of aromatic nitrogens is 2. The molecule has 0 saturated heterocycles. The van der Waals surface area contributed by atoms with E-state index >= 15 is 0 Å². The van der Waals surface area contributed by atoms with Crippen molar-refractivity contribution in [3.8, 4) is 0 Å². The van der Waals surface area contributed by atoms with Gasteiger partial charge in [0.1, 0.15) is 6.26 Å². The van der Waals surface area contributed by atoms with Crippen LogP contribution in [0.4, 0.5) is 0 Å². The second-order valence-corrected chi connectivity index (χ2v) is 7.64. The molecule has 0 aromatic carbocycles. The van der Waals surface area contributed by atoms with Crippen LogP contribution in [0.1, 0.15) is 11.4 Å². The van der Waals surface area contributed by atoms with Crippen LogP contribution in [0, 0.1) is 10.1 Å². The largest absolute Gasteiger partial charge is 0.366 e. The standard InChI is InChI=1S/C14H19N5O3S3/c20-19(21)9-14(15-3-7-23-10-12-1-5-22-17-12)16-4-8-24-11-13-2-6-25-18-13/h1-2,5-6,9,15-16H,3-4,7-8,10-11H2/b14-9-. The van der Waals surface area contributed by atoms with Crippen LogP contribution in [-0.2, 0) is 11.5 Å². The fourth-order valence-electron chi connectivity index (χ4n) is 1.75. The first-order valence-corrected chi connectivity index (χ1v) is 10.7. The van der Waals surface area contributed by atoms with E-state index in [1.54, 1.807) is 29.8 Å². The number of nitrogens with one attached hydrogen (secondary N) is 2. The summed E-state index contributed by atoms with van der Waals surface area (Å²) < 4.78 is 9.00. The number of hydrogen-bond acceptors (Lipinski definition) is 10. The van der Waals surface area contributed by atoms with Crippen LogP contribution in [0.2, 0.25) is 0 Å². The van der Waals surface area contributed by atoms with E-state index < -0.39 is 4.92 Å². The molecule has 0 aliphatic heterocycles. The third-order valence-corrected chi connectivity index (χ3v) is 5.42. The van der Waals surface area contributed by atoms with Gasteiger partial charge in [0.15, 0.2) is 5.82 Å². The normalized spacial score (nSPS) is 11.4. The number of nitrogens with zero attached hydrogens (tertiary/aromatic N) is 3. The first kappa shape index (κ1) is 19.6. The molecule has 0 atom stereocenters. The van der Waals surface area contributed by atoms with E-state index in [0.717, 1.165) is 40.6 Å². The zero-order valence-corrected chi connectivity index (χ0v) is 15.9. The molecule has 0 amide bonds. The third-order valence-electron chi connectivity index (χ3n) is 2.84. The summed E-state index contributed by atoms with van der Waals surface area (Å²) in [6.07, 6.45) is 2.51. The maximum atomic E-state index is 10.7. The van der Waals surface area contributed by atoms with Crippen molar-refractivity contribution >= 4 is 35.1 Å². The molecule has 136 valence electrons. The Morgan fingerprint density at radius 1 is 1.24 bits per heavy atom. The van der Waals surface area contributed by atoms with E-state index in [9.17, 15) is 10.1 Å². The molecule has 0 saturated carbocycles. The highest BCUT2D eigenvalue weighted by Gasteiger charge is 2.03. The van der Waals surface area contributed by atoms with Gasteiger partial charge in [-0.1, -0.05) is 5.16 Å². The minimum Gasteiger partial charge on any atom is -0.366 e. The highest BCUT2D eigenvalue weighted by atomic mass is 32.2. The van der Waals surface area contributed by atoms with Crippen LogP contribution in [0.15, 0.2) is 40.3 Å². The summed E-state index contributed by atoms with van der Waals surface area (Å²) in [4.78, 5) is 10.3. The van der Waals surface area contributed by atoms with Crippen LogP contribution in [0.25, 0.3) is 0 Å². The topological polar surface area (TPSA) is 106 Å².